The van der Waals surface area contributed by atoms with E-state index in [0.29, 0.717) is 17.4 Å². The highest BCUT2D eigenvalue weighted by molar-refractivity contribution is 6.10. The van der Waals surface area contributed by atoms with Gasteiger partial charge >= 0.3 is 0 Å². The molecule has 2 heteroatoms. The molecular formula is C47H34N2. The number of nitriles is 1. The Morgan fingerprint density at radius 3 is 2.16 bits per heavy atom. The first-order valence-electron chi connectivity index (χ1n) is 17.1. The Balaban J connectivity index is 1.16. The Kier molecular flexibility index (Phi) is 6.99. The summed E-state index contributed by atoms with van der Waals surface area (Å²) in [5, 5.41) is 12.0. The largest absolute Gasteiger partial charge is 0.309 e. The molecule has 9 rings (SSSR count). The minimum absolute atomic E-state index is 0.340. The van der Waals surface area contributed by atoms with Crippen molar-refractivity contribution in [2.45, 2.75) is 25.2 Å². The molecule has 0 fully saturated rings. The summed E-state index contributed by atoms with van der Waals surface area (Å²) in [7, 11) is 0. The Morgan fingerprint density at radius 1 is 0.551 bits per heavy atom. The zero-order valence-electron chi connectivity index (χ0n) is 27.3. The molecule has 0 spiro atoms. The number of benzene rings is 7. The maximum atomic E-state index is 9.60. The fraction of sp³-hybridized carbons (Fsp3) is 0.0851. The van der Waals surface area contributed by atoms with Gasteiger partial charge in [0.2, 0.25) is 0 Å². The molecule has 1 aliphatic carbocycles. The number of rotatable bonds is 4. The fourth-order valence-electron chi connectivity index (χ4n) is 8.09. The lowest BCUT2D eigenvalue weighted by Crippen LogP contribution is -2.10. The van der Waals surface area contributed by atoms with Gasteiger partial charge in [0, 0.05) is 16.5 Å². The second-order valence-corrected chi connectivity index (χ2v) is 13.3. The molecule has 0 bridgehead atoms. The summed E-state index contributed by atoms with van der Waals surface area (Å²) in [6.45, 7) is 2.41. The molecule has 2 nitrogen and oxygen atoms in total. The van der Waals surface area contributed by atoms with E-state index in [1.807, 2.05) is 18.2 Å². The molecule has 0 aliphatic heterocycles. The van der Waals surface area contributed by atoms with Crippen molar-refractivity contribution in [3.8, 4) is 45.1 Å². The van der Waals surface area contributed by atoms with Crippen LogP contribution in [0.25, 0.3) is 60.9 Å². The molecular weight excluding hydrogens is 593 g/mol. The SMILES string of the molecule is CC1c2ccc(-c3ccc4c(c3)c3ccccc3n4-c3cccc(C#N)c3)cc2-c2ccccc2CC1c1cccc(-c2ccccc2)c1. The Labute approximate surface area is 287 Å². The zero-order chi connectivity index (χ0) is 32.9. The zero-order valence-corrected chi connectivity index (χ0v) is 27.3. The van der Waals surface area contributed by atoms with Gasteiger partial charge in [0.1, 0.15) is 0 Å². The van der Waals surface area contributed by atoms with Gasteiger partial charge in [0.25, 0.3) is 0 Å². The number of aromatic nitrogens is 1. The lowest BCUT2D eigenvalue weighted by molar-refractivity contribution is 0.579. The summed E-state index contributed by atoms with van der Waals surface area (Å²) in [5.41, 5.74) is 15.7. The van der Waals surface area contributed by atoms with Crippen molar-refractivity contribution in [3.63, 3.8) is 0 Å². The number of hydrogen-bond donors (Lipinski definition) is 0. The highest BCUT2D eigenvalue weighted by Gasteiger charge is 2.29. The number of nitrogens with zero attached hydrogens (tertiary/aromatic N) is 2. The van der Waals surface area contributed by atoms with Crippen molar-refractivity contribution in [1.82, 2.24) is 4.57 Å². The maximum Gasteiger partial charge on any atom is 0.0992 e. The summed E-state index contributed by atoms with van der Waals surface area (Å²) in [6, 6.07) is 61.5. The van der Waals surface area contributed by atoms with Crippen LogP contribution < -0.4 is 0 Å². The van der Waals surface area contributed by atoms with Gasteiger partial charge in [-0.1, -0.05) is 128 Å². The Bertz CT molecular complexity index is 2570. The van der Waals surface area contributed by atoms with Crippen LogP contribution in [0, 0.1) is 11.3 Å². The second-order valence-electron chi connectivity index (χ2n) is 13.3. The third-order valence-corrected chi connectivity index (χ3v) is 10.6. The molecule has 2 unspecified atom stereocenters. The van der Waals surface area contributed by atoms with E-state index in [1.54, 1.807) is 0 Å². The number of para-hydroxylation sites is 1. The minimum Gasteiger partial charge on any atom is -0.309 e. The third kappa shape index (κ3) is 4.95. The molecule has 8 aromatic rings. The van der Waals surface area contributed by atoms with E-state index < -0.39 is 0 Å². The van der Waals surface area contributed by atoms with E-state index in [-0.39, 0.29) is 0 Å². The Morgan fingerprint density at radius 2 is 1.27 bits per heavy atom. The summed E-state index contributed by atoms with van der Waals surface area (Å²) < 4.78 is 2.27. The molecule has 1 heterocycles. The van der Waals surface area contributed by atoms with E-state index in [2.05, 4.69) is 163 Å². The summed E-state index contributed by atoms with van der Waals surface area (Å²) in [4.78, 5) is 0. The molecule has 1 aromatic heterocycles. The lowest BCUT2D eigenvalue weighted by Gasteiger charge is -2.25. The predicted octanol–water partition coefficient (Wildman–Crippen LogP) is 12.1. The summed E-state index contributed by atoms with van der Waals surface area (Å²) in [6.07, 6.45) is 0.998. The van der Waals surface area contributed by atoms with Crippen LogP contribution in [-0.4, -0.2) is 4.57 Å². The smallest absolute Gasteiger partial charge is 0.0992 e. The van der Waals surface area contributed by atoms with E-state index in [9.17, 15) is 5.26 Å². The Hall–Kier alpha value is -6.17. The summed E-state index contributed by atoms with van der Waals surface area (Å²) >= 11 is 0. The van der Waals surface area contributed by atoms with E-state index in [1.165, 1.54) is 60.8 Å². The number of fused-ring (bicyclic) bond motifs is 6. The lowest BCUT2D eigenvalue weighted by atomic mass is 9.79. The van der Waals surface area contributed by atoms with Crippen molar-refractivity contribution < 1.29 is 0 Å². The molecule has 0 saturated carbocycles. The molecule has 0 radical (unpaired) electrons. The van der Waals surface area contributed by atoms with Crippen molar-refractivity contribution in [2.75, 3.05) is 0 Å². The van der Waals surface area contributed by atoms with Crippen LogP contribution in [-0.2, 0) is 6.42 Å². The highest BCUT2D eigenvalue weighted by Crippen LogP contribution is 2.47. The quantitative estimate of drug-likeness (QED) is 0.191. The van der Waals surface area contributed by atoms with Crippen LogP contribution in [0.5, 0.6) is 0 Å². The molecule has 49 heavy (non-hydrogen) atoms. The normalized spacial score (nSPS) is 15.3. The van der Waals surface area contributed by atoms with Gasteiger partial charge in [-0.3, -0.25) is 0 Å². The van der Waals surface area contributed by atoms with Gasteiger partial charge in [0.15, 0.2) is 0 Å². The monoisotopic (exact) mass is 626 g/mol. The average molecular weight is 627 g/mol. The second kappa shape index (κ2) is 11.8. The van der Waals surface area contributed by atoms with Crippen molar-refractivity contribution >= 4 is 21.8 Å². The van der Waals surface area contributed by atoms with Gasteiger partial charge in [0.05, 0.1) is 22.7 Å². The standard InChI is InChI=1S/C47H34N2/c1-31-40-23-21-35(36-22-24-47-45(28-36)42-19-7-8-20-46(42)49(47)39-17-9-11-32(25-39)30-48)27-44(40)41-18-6-5-14-38(41)29-43(31)37-16-10-15-34(26-37)33-12-3-2-4-13-33/h2-28,31,43H,29H2,1H3. The van der Waals surface area contributed by atoms with Crippen LogP contribution in [0.3, 0.4) is 0 Å². The number of hydrogen-bond acceptors (Lipinski definition) is 1. The average Bonchev–Trinajstić information content (AvgIpc) is 3.44. The van der Waals surface area contributed by atoms with E-state index >= 15 is 0 Å². The third-order valence-electron chi connectivity index (χ3n) is 10.6. The first-order chi connectivity index (χ1) is 24.2. The molecule has 0 saturated heterocycles. The van der Waals surface area contributed by atoms with Crippen molar-refractivity contribution in [1.29, 1.82) is 5.26 Å². The summed E-state index contributed by atoms with van der Waals surface area (Å²) in [5.74, 6) is 0.700. The van der Waals surface area contributed by atoms with Gasteiger partial charge in [-0.25, -0.2) is 0 Å². The molecule has 232 valence electrons. The van der Waals surface area contributed by atoms with Crippen LogP contribution in [0.1, 0.15) is 41.0 Å². The van der Waals surface area contributed by atoms with Crippen LogP contribution in [0.15, 0.2) is 164 Å². The van der Waals surface area contributed by atoms with Crippen molar-refractivity contribution in [3.05, 3.63) is 186 Å². The van der Waals surface area contributed by atoms with Crippen LogP contribution in [0.4, 0.5) is 0 Å². The molecule has 7 aromatic carbocycles. The van der Waals surface area contributed by atoms with Crippen molar-refractivity contribution in [2.24, 2.45) is 0 Å². The first-order valence-corrected chi connectivity index (χ1v) is 17.1. The first kappa shape index (κ1) is 29.0. The molecule has 1 aliphatic rings. The minimum atomic E-state index is 0.340. The fourth-order valence-corrected chi connectivity index (χ4v) is 8.09. The predicted molar refractivity (Wildman–Crippen MR) is 203 cm³/mol. The van der Waals surface area contributed by atoms with Gasteiger partial charge in [-0.05, 0) is 111 Å². The van der Waals surface area contributed by atoms with Crippen LogP contribution in [0.2, 0.25) is 0 Å². The molecule has 0 N–H and O–H groups in total. The van der Waals surface area contributed by atoms with Gasteiger partial charge in [-0.2, -0.15) is 5.26 Å². The van der Waals surface area contributed by atoms with E-state index in [0.717, 1.165) is 23.1 Å². The van der Waals surface area contributed by atoms with Gasteiger partial charge < -0.3 is 4.57 Å². The molecule has 2 atom stereocenters. The topological polar surface area (TPSA) is 28.7 Å². The van der Waals surface area contributed by atoms with Gasteiger partial charge in [-0.15, -0.1) is 0 Å². The highest BCUT2D eigenvalue weighted by atomic mass is 15.0. The van der Waals surface area contributed by atoms with Crippen LogP contribution >= 0.6 is 0 Å². The molecule has 0 amide bonds. The van der Waals surface area contributed by atoms with E-state index in [4.69, 9.17) is 0 Å². The maximum absolute atomic E-state index is 9.60.